The summed E-state index contributed by atoms with van der Waals surface area (Å²) in [5.41, 5.74) is 1.31. The third-order valence-electron chi connectivity index (χ3n) is 5.60. The first-order valence-corrected chi connectivity index (χ1v) is 10.2. The Morgan fingerprint density at radius 3 is 2.50 bits per heavy atom. The Morgan fingerprint density at radius 1 is 1.13 bits per heavy atom. The Bertz CT molecular complexity index is 1020. The van der Waals surface area contributed by atoms with Gasteiger partial charge in [0.15, 0.2) is 11.5 Å². The lowest BCUT2D eigenvalue weighted by molar-refractivity contribution is -0.127. The Labute approximate surface area is 174 Å². The number of nitrogens with one attached hydrogen (secondary N) is 1. The van der Waals surface area contributed by atoms with Crippen LogP contribution < -0.4 is 10.2 Å². The van der Waals surface area contributed by atoms with Crippen molar-refractivity contribution in [3.63, 3.8) is 0 Å². The van der Waals surface area contributed by atoms with Crippen LogP contribution in [0.3, 0.4) is 0 Å². The van der Waals surface area contributed by atoms with Crippen LogP contribution in [0, 0.1) is 17.2 Å². The van der Waals surface area contributed by atoms with E-state index in [0.717, 1.165) is 37.3 Å². The molecule has 3 heterocycles. The molecule has 1 amide bonds. The Kier molecular flexibility index (Phi) is 5.36. The van der Waals surface area contributed by atoms with Gasteiger partial charge in [0.05, 0.1) is 6.04 Å². The zero-order valence-electron chi connectivity index (χ0n) is 17.4. The number of tetrazole rings is 1. The fraction of sp³-hybridized carbons (Fsp3) is 0.476. The monoisotopic (exact) mass is 411 g/mol. The van der Waals surface area contributed by atoms with Crippen molar-refractivity contribution in [2.24, 2.45) is 11.3 Å². The lowest BCUT2D eigenvalue weighted by atomic mass is 9.81. The summed E-state index contributed by atoms with van der Waals surface area (Å²) >= 11 is 0. The summed E-state index contributed by atoms with van der Waals surface area (Å²) in [5, 5.41) is 19.0. The number of rotatable bonds is 4. The minimum atomic E-state index is -0.279. The average Bonchev–Trinajstić information content (AvgIpc) is 3.20. The summed E-state index contributed by atoms with van der Waals surface area (Å²) in [6.07, 6.45) is 1.48. The minimum Gasteiger partial charge on any atom is -0.355 e. The van der Waals surface area contributed by atoms with E-state index < -0.39 is 0 Å². The smallest absolute Gasteiger partial charge is 0.223 e. The minimum absolute atomic E-state index is 0.0442. The molecule has 1 aromatic carbocycles. The number of aromatic nitrogens is 5. The number of amides is 1. The van der Waals surface area contributed by atoms with Crippen molar-refractivity contribution < 1.29 is 9.18 Å². The first-order valence-electron chi connectivity index (χ1n) is 10.2. The maximum Gasteiger partial charge on any atom is 0.223 e. The molecule has 1 atom stereocenters. The first kappa shape index (κ1) is 20.2. The summed E-state index contributed by atoms with van der Waals surface area (Å²) in [7, 11) is 0. The highest BCUT2D eigenvalue weighted by molar-refractivity contribution is 5.79. The summed E-state index contributed by atoms with van der Waals surface area (Å²) in [5.74, 6) is 0.497. The molecule has 1 saturated heterocycles. The molecule has 1 unspecified atom stereocenters. The highest BCUT2D eigenvalue weighted by atomic mass is 19.1. The number of fused-ring (bicyclic) bond motifs is 1. The fourth-order valence-corrected chi connectivity index (χ4v) is 3.89. The third-order valence-corrected chi connectivity index (χ3v) is 5.60. The molecule has 3 aromatic rings. The van der Waals surface area contributed by atoms with Gasteiger partial charge in [-0.25, -0.2) is 4.39 Å². The van der Waals surface area contributed by atoms with Gasteiger partial charge >= 0.3 is 0 Å². The molecule has 1 N–H and O–H groups in total. The number of benzene rings is 1. The molecule has 2 aromatic heterocycles. The molecule has 0 bridgehead atoms. The second kappa shape index (κ2) is 7.97. The molecule has 8 nitrogen and oxygen atoms in total. The van der Waals surface area contributed by atoms with Crippen molar-refractivity contribution in [1.82, 2.24) is 30.6 Å². The van der Waals surface area contributed by atoms with Gasteiger partial charge in [-0.2, -0.15) is 0 Å². The molecular weight excluding hydrogens is 385 g/mol. The normalized spacial score (nSPS) is 16.6. The molecule has 4 rings (SSSR count). The number of carbonyl (C=O) groups is 1. The van der Waals surface area contributed by atoms with Crippen molar-refractivity contribution >= 4 is 17.4 Å². The lowest BCUT2D eigenvalue weighted by Gasteiger charge is -2.36. The summed E-state index contributed by atoms with van der Waals surface area (Å²) < 4.78 is 14.7. The van der Waals surface area contributed by atoms with E-state index in [1.807, 2.05) is 12.1 Å². The van der Waals surface area contributed by atoms with Gasteiger partial charge in [-0.15, -0.1) is 14.8 Å². The fourth-order valence-electron chi connectivity index (χ4n) is 3.89. The van der Waals surface area contributed by atoms with Gasteiger partial charge in [0.25, 0.3) is 0 Å². The zero-order valence-corrected chi connectivity index (χ0v) is 17.4. The summed E-state index contributed by atoms with van der Waals surface area (Å²) in [6.45, 7) is 7.69. The van der Waals surface area contributed by atoms with Gasteiger partial charge in [-0.1, -0.05) is 32.9 Å². The molecule has 0 saturated carbocycles. The molecule has 1 aliphatic rings. The number of halogens is 1. The highest BCUT2D eigenvalue weighted by Gasteiger charge is 2.32. The van der Waals surface area contributed by atoms with Crippen molar-refractivity contribution in [3.05, 3.63) is 47.8 Å². The van der Waals surface area contributed by atoms with Crippen LogP contribution in [-0.2, 0) is 4.79 Å². The van der Waals surface area contributed by atoms with Crippen LogP contribution in [0.2, 0.25) is 0 Å². The number of hydrogen-bond donors (Lipinski definition) is 1. The van der Waals surface area contributed by atoms with E-state index in [4.69, 9.17) is 0 Å². The van der Waals surface area contributed by atoms with E-state index in [-0.39, 0.29) is 29.1 Å². The van der Waals surface area contributed by atoms with E-state index in [9.17, 15) is 9.18 Å². The van der Waals surface area contributed by atoms with Crippen LogP contribution >= 0.6 is 0 Å². The van der Waals surface area contributed by atoms with Gasteiger partial charge in [-0.3, -0.25) is 4.79 Å². The SMILES string of the molecule is CC(C)(C)C(NC(=O)C1CCN(c2ccc3nnnn3n2)CC1)c1ccc(F)cc1. The van der Waals surface area contributed by atoms with Crippen LogP contribution in [0.5, 0.6) is 0 Å². The van der Waals surface area contributed by atoms with Crippen molar-refractivity contribution in [2.75, 3.05) is 18.0 Å². The predicted molar refractivity (Wildman–Crippen MR) is 110 cm³/mol. The highest BCUT2D eigenvalue weighted by Crippen LogP contribution is 2.34. The molecule has 1 fully saturated rings. The maximum absolute atomic E-state index is 13.3. The zero-order chi connectivity index (χ0) is 21.3. The molecule has 0 aliphatic carbocycles. The van der Waals surface area contributed by atoms with Crippen molar-refractivity contribution in [3.8, 4) is 0 Å². The number of piperidine rings is 1. The molecule has 0 radical (unpaired) electrons. The molecule has 1 aliphatic heterocycles. The van der Waals surface area contributed by atoms with Gasteiger partial charge < -0.3 is 10.2 Å². The van der Waals surface area contributed by atoms with E-state index in [1.54, 1.807) is 12.1 Å². The van der Waals surface area contributed by atoms with E-state index >= 15 is 0 Å². The molecule has 0 spiro atoms. The van der Waals surface area contributed by atoms with Gasteiger partial charge in [-0.05, 0) is 58.5 Å². The number of carbonyl (C=O) groups excluding carboxylic acids is 1. The predicted octanol–water partition coefficient (Wildman–Crippen LogP) is 2.78. The largest absolute Gasteiger partial charge is 0.355 e. The van der Waals surface area contributed by atoms with Crippen LogP contribution in [-0.4, -0.2) is 44.3 Å². The second-order valence-electron chi connectivity index (χ2n) is 8.84. The number of anilines is 1. The third kappa shape index (κ3) is 4.24. The Morgan fingerprint density at radius 2 is 1.83 bits per heavy atom. The summed E-state index contributed by atoms with van der Waals surface area (Å²) in [4.78, 5) is 15.2. The van der Waals surface area contributed by atoms with E-state index in [2.05, 4.69) is 51.6 Å². The number of nitrogens with zero attached hydrogens (tertiary/aromatic N) is 6. The Hall–Kier alpha value is -3.10. The van der Waals surface area contributed by atoms with Crippen LogP contribution in [0.4, 0.5) is 10.2 Å². The molecule has 158 valence electrons. The summed E-state index contributed by atoms with van der Waals surface area (Å²) in [6, 6.07) is 9.91. The number of hydrogen-bond acceptors (Lipinski definition) is 6. The topological polar surface area (TPSA) is 88.3 Å². The van der Waals surface area contributed by atoms with Crippen LogP contribution in [0.15, 0.2) is 36.4 Å². The van der Waals surface area contributed by atoms with Gasteiger partial charge in [0.2, 0.25) is 5.91 Å². The van der Waals surface area contributed by atoms with E-state index in [1.165, 1.54) is 16.8 Å². The first-order chi connectivity index (χ1) is 14.3. The maximum atomic E-state index is 13.3. The quantitative estimate of drug-likeness (QED) is 0.710. The molecular formula is C21H26FN7O. The standard InChI is InChI=1S/C21H26FN7O/c1-21(2,3)19(14-4-6-16(22)7-5-14)23-20(30)15-10-12-28(13-11-15)18-9-8-17-24-26-27-29(17)25-18/h4-9,15,19H,10-13H2,1-3H3,(H,23,30). The van der Waals surface area contributed by atoms with Crippen molar-refractivity contribution in [1.29, 1.82) is 0 Å². The second-order valence-corrected chi connectivity index (χ2v) is 8.84. The molecule has 9 heteroatoms. The van der Waals surface area contributed by atoms with Crippen molar-refractivity contribution in [2.45, 2.75) is 39.7 Å². The Balaban J connectivity index is 1.40. The molecule has 30 heavy (non-hydrogen) atoms. The van der Waals surface area contributed by atoms with E-state index in [0.29, 0.717) is 5.65 Å². The van der Waals surface area contributed by atoms with Crippen LogP contribution in [0.1, 0.15) is 45.2 Å². The van der Waals surface area contributed by atoms with Crippen LogP contribution in [0.25, 0.3) is 5.65 Å². The van der Waals surface area contributed by atoms with Gasteiger partial charge in [0.1, 0.15) is 5.82 Å². The lowest BCUT2D eigenvalue weighted by Crippen LogP contribution is -2.44. The van der Waals surface area contributed by atoms with Gasteiger partial charge in [0, 0.05) is 19.0 Å². The average molecular weight is 411 g/mol.